The summed E-state index contributed by atoms with van der Waals surface area (Å²) in [6.07, 6.45) is 3.64. The number of ether oxygens (including phenoxy) is 2. The van der Waals surface area contributed by atoms with Gasteiger partial charge in [0.25, 0.3) is 0 Å². The summed E-state index contributed by atoms with van der Waals surface area (Å²) in [5.41, 5.74) is 1.57. The van der Waals surface area contributed by atoms with Crippen molar-refractivity contribution in [1.82, 2.24) is 0 Å². The van der Waals surface area contributed by atoms with Crippen LogP contribution in [0.5, 0.6) is 23.0 Å². The van der Waals surface area contributed by atoms with Gasteiger partial charge in [-0.2, -0.15) is 0 Å². The number of hydrogen-bond donors (Lipinski definition) is 2. The molecule has 2 aromatic carbocycles. The summed E-state index contributed by atoms with van der Waals surface area (Å²) >= 11 is 0. The normalized spacial score (nSPS) is 10.7. The van der Waals surface area contributed by atoms with E-state index in [-0.39, 0.29) is 11.5 Å². The van der Waals surface area contributed by atoms with E-state index in [4.69, 9.17) is 9.47 Å². The van der Waals surface area contributed by atoms with Gasteiger partial charge in [0.2, 0.25) is 0 Å². The summed E-state index contributed by atoms with van der Waals surface area (Å²) in [5, 5.41) is 19.1. The van der Waals surface area contributed by atoms with Crippen LogP contribution < -0.4 is 9.47 Å². The van der Waals surface area contributed by atoms with E-state index in [1.807, 2.05) is 18.2 Å². The van der Waals surface area contributed by atoms with Gasteiger partial charge in [0.1, 0.15) is 11.5 Å². The lowest BCUT2D eigenvalue weighted by Crippen LogP contribution is -1.88. The molecule has 20 heavy (non-hydrogen) atoms. The number of phenolic OH excluding ortho intramolecular Hbond substituents is 2. The van der Waals surface area contributed by atoms with Gasteiger partial charge in [-0.25, -0.2) is 0 Å². The molecule has 0 amide bonds. The van der Waals surface area contributed by atoms with E-state index in [0.717, 1.165) is 11.1 Å². The minimum Gasteiger partial charge on any atom is -0.508 e. The van der Waals surface area contributed by atoms with Crippen molar-refractivity contribution in [1.29, 1.82) is 0 Å². The van der Waals surface area contributed by atoms with Gasteiger partial charge < -0.3 is 19.7 Å². The second-order valence-corrected chi connectivity index (χ2v) is 4.16. The zero-order chi connectivity index (χ0) is 14.5. The molecule has 0 heterocycles. The van der Waals surface area contributed by atoms with E-state index in [9.17, 15) is 10.2 Å². The highest BCUT2D eigenvalue weighted by molar-refractivity contribution is 5.76. The van der Waals surface area contributed by atoms with Gasteiger partial charge in [-0.15, -0.1) is 0 Å². The average molecular weight is 272 g/mol. The molecular weight excluding hydrogens is 256 g/mol. The van der Waals surface area contributed by atoms with Crippen LogP contribution in [-0.4, -0.2) is 24.4 Å². The predicted molar refractivity (Wildman–Crippen MR) is 78.2 cm³/mol. The summed E-state index contributed by atoms with van der Waals surface area (Å²) in [6, 6.07) is 10.0. The maximum absolute atomic E-state index is 9.71. The maximum atomic E-state index is 9.71. The molecule has 0 aliphatic heterocycles. The molecule has 2 N–H and O–H groups in total. The van der Waals surface area contributed by atoms with Crippen molar-refractivity contribution in [3.05, 3.63) is 47.5 Å². The third-order valence-electron chi connectivity index (χ3n) is 2.89. The van der Waals surface area contributed by atoms with Gasteiger partial charge in [0, 0.05) is 17.2 Å². The Kier molecular flexibility index (Phi) is 4.15. The van der Waals surface area contributed by atoms with Gasteiger partial charge in [-0.05, 0) is 18.2 Å². The van der Waals surface area contributed by atoms with Crippen LogP contribution in [0.15, 0.2) is 36.4 Å². The van der Waals surface area contributed by atoms with Crippen molar-refractivity contribution in [2.45, 2.75) is 0 Å². The Bertz CT molecular complexity index is 632. The molecule has 0 radical (unpaired) electrons. The van der Waals surface area contributed by atoms with Crippen LogP contribution in [0.25, 0.3) is 12.2 Å². The van der Waals surface area contributed by atoms with E-state index in [1.54, 1.807) is 37.4 Å². The Morgan fingerprint density at radius 2 is 1.65 bits per heavy atom. The average Bonchev–Trinajstić information content (AvgIpc) is 2.45. The largest absolute Gasteiger partial charge is 0.508 e. The standard InChI is InChI=1S/C16H16O4/c1-19-15-10-13(17)9-8-11(15)6-7-12-4-3-5-14(18)16(12)20-2/h3-10,17-18H,1-2H3/b7-6+. The molecule has 0 aliphatic rings. The first kappa shape index (κ1) is 13.8. The maximum Gasteiger partial charge on any atom is 0.167 e. The fraction of sp³-hybridized carbons (Fsp3) is 0.125. The molecule has 0 spiro atoms. The summed E-state index contributed by atoms with van der Waals surface area (Å²) in [5.74, 6) is 1.23. The number of benzene rings is 2. The number of rotatable bonds is 4. The predicted octanol–water partition coefficient (Wildman–Crippen LogP) is 3.29. The van der Waals surface area contributed by atoms with Crippen molar-refractivity contribution in [2.24, 2.45) is 0 Å². The fourth-order valence-corrected chi connectivity index (χ4v) is 1.91. The Hall–Kier alpha value is -2.62. The molecule has 4 heteroatoms. The number of hydrogen-bond acceptors (Lipinski definition) is 4. The van der Waals surface area contributed by atoms with Gasteiger partial charge in [-0.1, -0.05) is 24.3 Å². The quantitative estimate of drug-likeness (QED) is 0.838. The molecule has 0 atom stereocenters. The lowest BCUT2D eigenvalue weighted by Gasteiger charge is -2.07. The van der Waals surface area contributed by atoms with Crippen molar-refractivity contribution >= 4 is 12.2 Å². The molecular formula is C16H16O4. The minimum atomic E-state index is 0.0901. The monoisotopic (exact) mass is 272 g/mol. The molecule has 0 aromatic heterocycles. The summed E-state index contributed by atoms with van der Waals surface area (Å²) in [6.45, 7) is 0. The smallest absolute Gasteiger partial charge is 0.167 e. The van der Waals surface area contributed by atoms with Gasteiger partial charge in [0.05, 0.1) is 14.2 Å². The number of aromatic hydroxyl groups is 2. The molecule has 2 aromatic rings. The van der Waals surface area contributed by atoms with Crippen LogP contribution in [0.3, 0.4) is 0 Å². The SMILES string of the molecule is COc1cc(O)ccc1/C=C/c1cccc(O)c1OC. The Labute approximate surface area is 117 Å². The van der Waals surface area contributed by atoms with E-state index in [1.165, 1.54) is 7.11 Å². The fourth-order valence-electron chi connectivity index (χ4n) is 1.91. The van der Waals surface area contributed by atoms with Crippen LogP contribution in [0, 0.1) is 0 Å². The third-order valence-corrected chi connectivity index (χ3v) is 2.89. The molecule has 4 nitrogen and oxygen atoms in total. The first-order chi connectivity index (χ1) is 9.65. The molecule has 0 saturated carbocycles. The number of methoxy groups -OCH3 is 2. The van der Waals surface area contributed by atoms with Crippen LogP contribution in [-0.2, 0) is 0 Å². The summed E-state index contributed by atoms with van der Waals surface area (Å²) < 4.78 is 10.4. The Morgan fingerprint density at radius 3 is 2.35 bits per heavy atom. The second-order valence-electron chi connectivity index (χ2n) is 4.16. The Morgan fingerprint density at radius 1 is 0.900 bits per heavy atom. The van der Waals surface area contributed by atoms with Crippen LogP contribution in [0.2, 0.25) is 0 Å². The highest BCUT2D eigenvalue weighted by Crippen LogP contribution is 2.32. The van der Waals surface area contributed by atoms with Crippen molar-refractivity contribution in [3.63, 3.8) is 0 Å². The molecule has 2 rings (SSSR count). The number of phenols is 2. The minimum absolute atomic E-state index is 0.0901. The highest BCUT2D eigenvalue weighted by atomic mass is 16.5. The molecule has 0 fully saturated rings. The van der Waals surface area contributed by atoms with Gasteiger partial charge in [0.15, 0.2) is 11.5 Å². The van der Waals surface area contributed by atoms with Crippen LogP contribution in [0.1, 0.15) is 11.1 Å². The lowest BCUT2D eigenvalue weighted by molar-refractivity contribution is 0.372. The number of para-hydroxylation sites is 1. The van der Waals surface area contributed by atoms with Crippen LogP contribution in [0.4, 0.5) is 0 Å². The molecule has 0 unspecified atom stereocenters. The molecule has 0 aliphatic carbocycles. The first-order valence-corrected chi connectivity index (χ1v) is 6.06. The molecule has 0 bridgehead atoms. The summed E-state index contributed by atoms with van der Waals surface area (Å²) in [4.78, 5) is 0. The zero-order valence-electron chi connectivity index (χ0n) is 11.3. The highest BCUT2D eigenvalue weighted by Gasteiger charge is 2.06. The van der Waals surface area contributed by atoms with E-state index < -0.39 is 0 Å². The second kappa shape index (κ2) is 6.02. The van der Waals surface area contributed by atoms with Crippen molar-refractivity contribution in [3.8, 4) is 23.0 Å². The van der Waals surface area contributed by atoms with Gasteiger partial charge >= 0.3 is 0 Å². The molecule has 0 saturated heterocycles. The zero-order valence-corrected chi connectivity index (χ0v) is 11.3. The Balaban J connectivity index is 2.37. The topological polar surface area (TPSA) is 58.9 Å². The first-order valence-electron chi connectivity index (χ1n) is 6.06. The summed E-state index contributed by atoms with van der Waals surface area (Å²) in [7, 11) is 3.05. The third kappa shape index (κ3) is 2.85. The lowest BCUT2D eigenvalue weighted by atomic mass is 10.1. The van der Waals surface area contributed by atoms with Gasteiger partial charge in [-0.3, -0.25) is 0 Å². The molecule has 104 valence electrons. The van der Waals surface area contributed by atoms with E-state index in [0.29, 0.717) is 11.5 Å². The van der Waals surface area contributed by atoms with Crippen molar-refractivity contribution < 1.29 is 19.7 Å². The van der Waals surface area contributed by atoms with Crippen LogP contribution >= 0.6 is 0 Å². The van der Waals surface area contributed by atoms with Crippen molar-refractivity contribution in [2.75, 3.05) is 14.2 Å². The van der Waals surface area contributed by atoms with E-state index in [2.05, 4.69) is 0 Å². The van der Waals surface area contributed by atoms with E-state index >= 15 is 0 Å².